The van der Waals surface area contributed by atoms with Crippen LogP contribution in [0.1, 0.15) is 16.2 Å². The van der Waals surface area contributed by atoms with Crippen molar-refractivity contribution in [3.8, 4) is 11.1 Å². The van der Waals surface area contributed by atoms with Crippen LogP contribution in [0.2, 0.25) is 0 Å². The predicted molar refractivity (Wildman–Crippen MR) is 119 cm³/mol. The van der Waals surface area contributed by atoms with E-state index in [0.29, 0.717) is 27.7 Å². The normalized spacial score (nSPS) is 11.3. The Morgan fingerprint density at radius 1 is 1.00 bits per heavy atom. The minimum atomic E-state index is -4.64. The lowest BCUT2D eigenvalue weighted by molar-refractivity contribution is -0.141. The highest BCUT2D eigenvalue weighted by Crippen LogP contribution is 2.29. The Kier molecular flexibility index (Phi) is 5.88. The van der Waals surface area contributed by atoms with Crippen LogP contribution in [0.25, 0.3) is 22.0 Å². The molecule has 0 aliphatic carbocycles. The van der Waals surface area contributed by atoms with Crippen LogP contribution in [0.5, 0.6) is 0 Å². The Bertz CT molecular complexity index is 1380. The van der Waals surface area contributed by atoms with Crippen LogP contribution >= 0.6 is 0 Å². The smallest absolute Gasteiger partial charge is 0.331 e. The summed E-state index contributed by atoms with van der Waals surface area (Å²) in [4.78, 5) is 33.6. The minimum absolute atomic E-state index is 0.0129. The van der Waals surface area contributed by atoms with Gasteiger partial charge in [-0.3, -0.25) is 14.9 Å². The number of halogens is 3. The number of H-pyrrole nitrogens is 1. The molecule has 0 fully saturated rings. The third-order valence-corrected chi connectivity index (χ3v) is 4.79. The molecule has 3 N–H and O–H groups in total. The Balaban J connectivity index is 1.62. The third kappa shape index (κ3) is 4.80. The second-order valence-corrected chi connectivity index (χ2v) is 7.48. The van der Waals surface area contributed by atoms with Crippen molar-refractivity contribution in [1.29, 1.82) is 0 Å². The molecular weight excluding hydrogens is 451 g/mol. The predicted octanol–water partition coefficient (Wildman–Crippen LogP) is 4.38. The van der Waals surface area contributed by atoms with Gasteiger partial charge in [0.1, 0.15) is 11.5 Å². The van der Waals surface area contributed by atoms with Crippen LogP contribution in [0.4, 0.5) is 29.5 Å². The van der Waals surface area contributed by atoms with Gasteiger partial charge in [0.15, 0.2) is 5.69 Å². The molecule has 0 spiro atoms. The highest BCUT2D eigenvalue weighted by molar-refractivity contribution is 6.11. The zero-order chi connectivity index (χ0) is 24.5. The van der Waals surface area contributed by atoms with Crippen molar-refractivity contribution in [2.75, 3.05) is 24.7 Å². The maximum atomic E-state index is 12.9. The van der Waals surface area contributed by atoms with Crippen LogP contribution in [-0.4, -0.2) is 51.1 Å². The minimum Gasteiger partial charge on any atom is -0.331 e. The number of urea groups is 1. The summed E-state index contributed by atoms with van der Waals surface area (Å²) in [6, 6.07) is 9.83. The highest BCUT2D eigenvalue weighted by atomic mass is 19.4. The monoisotopic (exact) mass is 469 g/mol. The number of hydrogen-bond acceptors (Lipinski definition) is 5. The largest absolute Gasteiger partial charge is 0.433 e. The number of benzene rings is 1. The zero-order valence-electron chi connectivity index (χ0n) is 17.9. The molecule has 0 atom stereocenters. The first-order valence-electron chi connectivity index (χ1n) is 9.89. The summed E-state index contributed by atoms with van der Waals surface area (Å²) in [5.74, 6) is -0.971. The maximum absolute atomic E-state index is 12.9. The molecule has 1 aromatic carbocycles. The van der Waals surface area contributed by atoms with Crippen molar-refractivity contribution in [1.82, 2.24) is 25.1 Å². The molecule has 0 aliphatic heterocycles. The maximum Gasteiger partial charge on any atom is 0.433 e. The number of rotatable bonds is 4. The molecule has 0 radical (unpaired) electrons. The van der Waals surface area contributed by atoms with Gasteiger partial charge < -0.3 is 15.5 Å². The Morgan fingerprint density at radius 3 is 2.53 bits per heavy atom. The molecule has 3 amide bonds. The Morgan fingerprint density at radius 2 is 1.79 bits per heavy atom. The molecule has 0 bridgehead atoms. The number of aromatic nitrogens is 4. The quantitative estimate of drug-likeness (QED) is 0.410. The van der Waals surface area contributed by atoms with Gasteiger partial charge >= 0.3 is 12.2 Å². The fraction of sp³-hybridized carbons (Fsp3) is 0.136. The van der Waals surface area contributed by atoms with E-state index in [4.69, 9.17) is 0 Å². The van der Waals surface area contributed by atoms with E-state index in [1.165, 1.54) is 17.2 Å². The van der Waals surface area contributed by atoms with Crippen LogP contribution in [-0.2, 0) is 6.18 Å². The van der Waals surface area contributed by atoms with Gasteiger partial charge in [0.2, 0.25) is 0 Å². The van der Waals surface area contributed by atoms with Gasteiger partial charge in [-0.1, -0.05) is 12.1 Å². The van der Waals surface area contributed by atoms with E-state index in [9.17, 15) is 22.8 Å². The van der Waals surface area contributed by atoms with Crippen LogP contribution in [0.3, 0.4) is 0 Å². The molecule has 4 rings (SSSR count). The summed E-state index contributed by atoms with van der Waals surface area (Å²) in [7, 11) is 3.22. The van der Waals surface area contributed by atoms with E-state index in [2.05, 4.69) is 30.8 Å². The van der Waals surface area contributed by atoms with Crippen molar-refractivity contribution in [2.45, 2.75) is 6.18 Å². The Labute approximate surface area is 191 Å². The molecule has 3 aromatic heterocycles. The molecule has 0 unspecified atom stereocenters. The van der Waals surface area contributed by atoms with Gasteiger partial charge in [0.05, 0.1) is 17.4 Å². The van der Waals surface area contributed by atoms with Gasteiger partial charge in [0, 0.05) is 31.2 Å². The zero-order valence-corrected chi connectivity index (χ0v) is 17.9. The lowest BCUT2D eigenvalue weighted by Crippen LogP contribution is -2.27. The van der Waals surface area contributed by atoms with Crippen LogP contribution in [0, 0.1) is 0 Å². The van der Waals surface area contributed by atoms with E-state index in [0.717, 1.165) is 12.1 Å². The first kappa shape index (κ1) is 22.7. The van der Waals surface area contributed by atoms with E-state index in [1.807, 2.05) is 0 Å². The number of amides is 3. The fourth-order valence-corrected chi connectivity index (χ4v) is 3.11. The molecule has 34 heavy (non-hydrogen) atoms. The average Bonchev–Trinajstić information content (AvgIpc) is 3.22. The molecular formula is C22H18F3N7O2. The number of carbonyl (C=O) groups is 2. The topological polar surface area (TPSA) is 116 Å². The van der Waals surface area contributed by atoms with E-state index >= 15 is 0 Å². The first-order chi connectivity index (χ1) is 16.1. The number of nitrogens with one attached hydrogen (secondary N) is 3. The molecule has 0 saturated heterocycles. The van der Waals surface area contributed by atoms with E-state index in [-0.39, 0.29) is 17.5 Å². The fourth-order valence-electron chi connectivity index (χ4n) is 3.11. The van der Waals surface area contributed by atoms with E-state index in [1.54, 1.807) is 44.6 Å². The summed E-state index contributed by atoms with van der Waals surface area (Å²) in [5.41, 5.74) is 1.27. The van der Waals surface area contributed by atoms with Crippen molar-refractivity contribution in [3.63, 3.8) is 0 Å². The van der Waals surface area contributed by atoms with Crippen LogP contribution < -0.4 is 10.6 Å². The van der Waals surface area contributed by atoms with Crippen LogP contribution in [0.15, 0.2) is 54.9 Å². The second-order valence-electron chi connectivity index (χ2n) is 7.48. The SMILES string of the molecule is CN(C)C(=O)Nc1cncc(-c2ccc3[nH]nc(C(=O)Nc4cccc(C(F)(F)F)n4)c3c2)c1. The third-order valence-electron chi connectivity index (χ3n) is 4.79. The summed E-state index contributed by atoms with van der Waals surface area (Å²) < 4.78 is 38.7. The van der Waals surface area contributed by atoms with Gasteiger partial charge in [0.25, 0.3) is 5.91 Å². The molecule has 0 aliphatic rings. The highest BCUT2D eigenvalue weighted by Gasteiger charge is 2.32. The number of aromatic amines is 1. The molecule has 9 nitrogen and oxygen atoms in total. The van der Waals surface area contributed by atoms with Crippen molar-refractivity contribution >= 4 is 34.3 Å². The van der Waals surface area contributed by atoms with Crippen molar-refractivity contribution in [3.05, 3.63) is 66.2 Å². The number of fused-ring (bicyclic) bond motifs is 1. The van der Waals surface area contributed by atoms with Crippen molar-refractivity contribution in [2.24, 2.45) is 0 Å². The van der Waals surface area contributed by atoms with Gasteiger partial charge in [-0.15, -0.1) is 0 Å². The Hall–Kier alpha value is -4.48. The first-order valence-corrected chi connectivity index (χ1v) is 9.89. The van der Waals surface area contributed by atoms with Crippen molar-refractivity contribution < 1.29 is 22.8 Å². The standard InChI is InChI=1S/C22H18F3N7O2/c1-32(2)21(34)27-14-8-13(10-26-11-14)12-6-7-16-15(9-12)19(31-30-16)20(33)29-18-5-3-4-17(28-18)22(23,24)25/h3-11H,1-2H3,(H,27,34)(H,30,31)(H,28,29,33). The lowest BCUT2D eigenvalue weighted by Gasteiger charge is -2.12. The molecule has 12 heteroatoms. The van der Waals surface area contributed by atoms with Gasteiger partial charge in [-0.25, -0.2) is 9.78 Å². The summed E-state index contributed by atoms with van der Waals surface area (Å²) >= 11 is 0. The second kappa shape index (κ2) is 8.81. The number of alkyl halides is 3. The molecule has 4 aromatic rings. The summed E-state index contributed by atoms with van der Waals surface area (Å²) in [5, 5.41) is 12.3. The van der Waals surface area contributed by atoms with E-state index < -0.39 is 17.8 Å². The summed E-state index contributed by atoms with van der Waals surface area (Å²) in [6.07, 6.45) is -1.54. The lowest BCUT2D eigenvalue weighted by atomic mass is 10.0. The van der Waals surface area contributed by atoms with Gasteiger partial charge in [-0.2, -0.15) is 18.3 Å². The number of anilines is 2. The number of nitrogens with zero attached hydrogens (tertiary/aromatic N) is 4. The number of carbonyl (C=O) groups excluding carboxylic acids is 2. The number of hydrogen-bond donors (Lipinski definition) is 3. The molecule has 3 heterocycles. The molecule has 174 valence electrons. The summed E-state index contributed by atoms with van der Waals surface area (Å²) in [6.45, 7) is 0. The average molecular weight is 469 g/mol. The van der Waals surface area contributed by atoms with Gasteiger partial charge in [-0.05, 0) is 35.9 Å². The molecule has 0 saturated carbocycles. The number of pyridine rings is 2.